The molecule has 0 radical (unpaired) electrons. The summed E-state index contributed by atoms with van der Waals surface area (Å²) in [5.41, 5.74) is 2.07. The van der Waals surface area contributed by atoms with Crippen molar-refractivity contribution in [1.82, 2.24) is 4.98 Å². The Morgan fingerprint density at radius 3 is 2.91 bits per heavy atom. The fourth-order valence-electron chi connectivity index (χ4n) is 2.47. The topological polar surface area (TPSA) is 31.4 Å². The first-order chi connectivity index (χ1) is 10.9. The van der Waals surface area contributed by atoms with Gasteiger partial charge >= 0.3 is 0 Å². The molecule has 3 heteroatoms. The van der Waals surface area contributed by atoms with Crippen LogP contribution in [0.25, 0.3) is 10.9 Å². The highest BCUT2D eigenvalue weighted by atomic mass is 16.5. The van der Waals surface area contributed by atoms with Crippen LogP contribution in [0.5, 0.6) is 5.75 Å². The highest BCUT2D eigenvalue weighted by molar-refractivity contribution is 5.85. The molecule has 3 nitrogen and oxygen atoms in total. The molecule has 0 atom stereocenters. The molecule has 1 saturated carbocycles. The lowest BCUT2D eigenvalue weighted by Crippen LogP contribution is -2.03. The van der Waals surface area contributed by atoms with Gasteiger partial charge in [0, 0.05) is 43.7 Å². The molecule has 22 heavy (non-hydrogen) atoms. The molecule has 1 heterocycles. The zero-order chi connectivity index (χ0) is 15.2. The maximum absolute atomic E-state index is 5.96. The van der Waals surface area contributed by atoms with Crippen molar-refractivity contribution in [2.75, 3.05) is 20.3 Å². The van der Waals surface area contributed by atoms with E-state index >= 15 is 0 Å². The summed E-state index contributed by atoms with van der Waals surface area (Å²) in [5, 5.41) is 1.08. The molecule has 1 aromatic heterocycles. The Morgan fingerprint density at radius 1 is 1.23 bits per heavy atom. The van der Waals surface area contributed by atoms with Gasteiger partial charge in [0.1, 0.15) is 5.75 Å². The van der Waals surface area contributed by atoms with Gasteiger partial charge in [0.15, 0.2) is 0 Å². The molecule has 1 aromatic carbocycles. The van der Waals surface area contributed by atoms with Crippen molar-refractivity contribution < 1.29 is 9.47 Å². The van der Waals surface area contributed by atoms with E-state index in [0.717, 1.165) is 47.7 Å². The van der Waals surface area contributed by atoms with Gasteiger partial charge in [0.05, 0.1) is 12.1 Å². The van der Waals surface area contributed by atoms with Gasteiger partial charge < -0.3 is 9.47 Å². The fraction of sp³-hybridized carbons (Fsp3) is 0.421. The van der Waals surface area contributed by atoms with Crippen LogP contribution in [-0.4, -0.2) is 25.3 Å². The number of benzene rings is 1. The van der Waals surface area contributed by atoms with Gasteiger partial charge in [-0.2, -0.15) is 0 Å². The minimum Gasteiger partial charge on any atom is -0.493 e. The van der Waals surface area contributed by atoms with Gasteiger partial charge in [0.25, 0.3) is 0 Å². The smallest absolute Gasteiger partial charge is 0.130 e. The zero-order valence-corrected chi connectivity index (χ0v) is 13.1. The molecule has 3 rings (SSSR count). The molecular formula is C19H23NO2. The molecule has 0 aliphatic heterocycles. The summed E-state index contributed by atoms with van der Waals surface area (Å²) in [4.78, 5) is 4.74. The summed E-state index contributed by atoms with van der Waals surface area (Å²) in [7, 11) is 1.71. The minimum atomic E-state index is 0.666. The summed E-state index contributed by atoms with van der Waals surface area (Å²) in [5.74, 6) is 1.74. The van der Waals surface area contributed by atoms with Crippen LogP contribution in [0, 0.1) is 5.92 Å². The predicted molar refractivity (Wildman–Crippen MR) is 89.3 cm³/mol. The Labute approximate surface area is 132 Å². The van der Waals surface area contributed by atoms with Crippen LogP contribution in [0.3, 0.4) is 0 Å². The van der Waals surface area contributed by atoms with Gasteiger partial charge in [-0.05, 0) is 30.9 Å². The van der Waals surface area contributed by atoms with Crippen molar-refractivity contribution >= 4 is 10.9 Å². The van der Waals surface area contributed by atoms with Crippen molar-refractivity contribution in [3.05, 3.63) is 48.2 Å². The van der Waals surface area contributed by atoms with Gasteiger partial charge in [0.2, 0.25) is 0 Å². The quantitative estimate of drug-likeness (QED) is 0.541. The third-order valence-electron chi connectivity index (χ3n) is 3.84. The van der Waals surface area contributed by atoms with Crippen LogP contribution in [-0.2, 0) is 11.2 Å². The van der Waals surface area contributed by atoms with Crippen molar-refractivity contribution in [3.63, 3.8) is 0 Å². The van der Waals surface area contributed by atoms with E-state index in [4.69, 9.17) is 14.5 Å². The van der Waals surface area contributed by atoms with Gasteiger partial charge in [-0.15, -0.1) is 0 Å². The van der Waals surface area contributed by atoms with Gasteiger partial charge in [-0.25, -0.2) is 0 Å². The maximum atomic E-state index is 5.96. The second kappa shape index (κ2) is 7.41. The molecule has 1 aliphatic rings. The van der Waals surface area contributed by atoms with Gasteiger partial charge in [-0.3, -0.25) is 4.98 Å². The SMILES string of the molecule is COCCCOc1cc(C/C=C/C2CC2)nc2ccccc12. The molecule has 0 spiro atoms. The fourth-order valence-corrected chi connectivity index (χ4v) is 2.47. The number of aromatic nitrogens is 1. The Hall–Kier alpha value is -1.87. The zero-order valence-electron chi connectivity index (χ0n) is 13.1. The highest BCUT2D eigenvalue weighted by Crippen LogP contribution is 2.30. The molecule has 0 saturated heterocycles. The number of methoxy groups -OCH3 is 1. The number of fused-ring (bicyclic) bond motifs is 1. The van der Waals surface area contributed by atoms with E-state index in [9.17, 15) is 0 Å². The molecule has 0 N–H and O–H groups in total. The number of para-hydroxylation sites is 1. The first kappa shape index (κ1) is 15.0. The molecule has 2 aromatic rings. The number of pyridine rings is 1. The second-order valence-corrected chi connectivity index (χ2v) is 5.79. The molecule has 1 fully saturated rings. The van der Waals surface area contributed by atoms with Crippen molar-refractivity contribution in [1.29, 1.82) is 0 Å². The molecule has 0 bridgehead atoms. The number of ether oxygens (including phenoxy) is 2. The number of hydrogen-bond acceptors (Lipinski definition) is 3. The van der Waals surface area contributed by atoms with E-state index in [-0.39, 0.29) is 0 Å². The molecule has 0 unspecified atom stereocenters. The summed E-state index contributed by atoms with van der Waals surface area (Å²) in [6.07, 6.45) is 9.00. The molecule has 116 valence electrons. The second-order valence-electron chi connectivity index (χ2n) is 5.79. The van der Waals surface area contributed by atoms with E-state index in [2.05, 4.69) is 24.3 Å². The third-order valence-corrected chi connectivity index (χ3v) is 3.84. The van der Waals surface area contributed by atoms with Crippen LogP contribution in [0.1, 0.15) is 25.0 Å². The van der Waals surface area contributed by atoms with Crippen molar-refractivity contribution in [2.24, 2.45) is 5.92 Å². The molecule has 0 amide bonds. The minimum absolute atomic E-state index is 0.666. The van der Waals surface area contributed by atoms with E-state index in [1.54, 1.807) is 7.11 Å². The standard InChI is InChI=1S/C19H23NO2/c1-21-12-5-13-22-19-14-16(7-4-6-15-10-11-15)20-18-9-3-2-8-17(18)19/h2-4,6,8-9,14-15H,5,7,10-13H2,1H3/b6-4+. The first-order valence-electron chi connectivity index (χ1n) is 8.04. The predicted octanol–water partition coefficient (Wildman–Crippen LogP) is 4.16. The van der Waals surface area contributed by atoms with E-state index in [1.807, 2.05) is 18.2 Å². The monoisotopic (exact) mass is 297 g/mol. The maximum Gasteiger partial charge on any atom is 0.130 e. The molecule has 1 aliphatic carbocycles. The van der Waals surface area contributed by atoms with Crippen LogP contribution in [0.4, 0.5) is 0 Å². The first-order valence-corrected chi connectivity index (χ1v) is 8.04. The number of hydrogen-bond donors (Lipinski definition) is 0. The Bertz CT molecular complexity index is 647. The third kappa shape index (κ3) is 4.08. The largest absolute Gasteiger partial charge is 0.493 e. The van der Waals surface area contributed by atoms with Crippen LogP contribution in [0.15, 0.2) is 42.5 Å². The normalized spacial score (nSPS) is 14.8. The lowest BCUT2D eigenvalue weighted by molar-refractivity contribution is 0.172. The summed E-state index contributed by atoms with van der Waals surface area (Å²) < 4.78 is 11.0. The number of nitrogens with zero attached hydrogens (tertiary/aromatic N) is 1. The lowest BCUT2D eigenvalue weighted by Gasteiger charge is -2.10. The van der Waals surface area contributed by atoms with E-state index in [1.165, 1.54) is 12.8 Å². The summed E-state index contributed by atoms with van der Waals surface area (Å²) in [6.45, 7) is 1.39. The van der Waals surface area contributed by atoms with Gasteiger partial charge in [-0.1, -0.05) is 24.3 Å². The lowest BCUT2D eigenvalue weighted by atomic mass is 10.1. The van der Waals surface area contributed by atoms with Crippen LogP contribution >= 0.6 is 0 Å². The Morgan fingerprint density at radius 2 is 2.09 bits per heavy atom. The van der Waals surface area contributed by atoms with Crippen molar-refractivity contribution in [3.8, 4) is 5.75 Å². The van der Waals surface area contributed by atoms with E-state index in [0.29, 0.717) is 6.61 Å². The van der Waals surface area contributed by atoms with E-state index < -0.39 is 0 Å². The average molecular weight is 297 g/mol. The van der Waals surface area contributed by atoms with Crippen LogP contribution in [0.2, 0.25) is 0 Å². The summed E-state index contributed by atoms with van der Waals surface area (Å²) >= 11 is 0. The Balaban J connectivity index is 1.76. The molecular weight excluding hydrogens is 274 g/mol. The summed E-state index contributed by atoms with van der Waals surface area (Å²) in [6, 6.07) is 10.2. The number of allylic oxidation sites excluding steroid dienone is 2. The Kier molecular flexibility index (Phi) is 5.07. The number of rotatable bonds is 8. The van der Waals surface area contributed by atoms with Crippen molar-refractivity contribution in [2.45, 2.75) is 25.7 Å². The average Bonchev–Trinajstić information content (AvgIpc) is 3.36. The van der Waals surface area contributed by atoms with Crippen LogP contribution < -0.4 is 4.74 Å². The highest BCUT2D eigenvalue weighted by Gasteiger charge is 2.16.